The second kappa shape index (κ2) is 5.64. The minimum Gasteiger partial charge on any atom is -0.383 e. The molecule has 0 atom stereocenters. The van der Waals surface area contributed by atoms with E-state index in [0.29, 0.717) is 6.42 Å². The molecule has 1 aromatic rings. The Balaban J connectivity index is 1.71. The largest absolute Gasteiger partial charge is 0.383 e. The van der Waals surface area contributed by atoms with Crippen LogP contribution in [0.25, 0.3) is 0 Å². The number of carbonyl (C=O) groups is 1. The molecule has 0 unspecified atom stereocenters. The van der Waals surface area contributed by atoms with E-state index in [2.05, 4.69) is 17.4 Å². The molecule has 0 aromatic heterocycles. The summed E-state index contributed by atoms with van der Waals surface area (Å²) in [6.45, 7) is 1.90. The van der Waals surface area contributed by atoms with Crippen molar-refractivity contribution in [2.24, 2.45) is 5.92 Å². The Bertz CT molecular complexity index is 452. The zero-order valence-corrected chi connectivity index (χ0v) is 11.4. The van der Waals surface area contributed by atoms with Crippen molar-refractivity contribution < 1.29 is 4.79 Å². The molecule has 1 heterocycles. The zero-order valence-electron chi connectivity index (χ0n) is 11.4. The fourth-order valence-corrected chi connectivity index (χ4v) is 3.23. The Labute approximate surface area is 115 Å². The van der Waals surface area contributed by atoms with Gasteiger partial charge in [-0.1, -0.05) is 25.0 Å². The van der Waals surface area contributed by atoms with Crippen LogP contribution in [-0.2, 0) is 4.79 Å². The molecular weight excluding hydrogens is 236 g/mol. The van der Waals surface area contributed by atoms with Gasteiger partial charge in [0.1, 0.15) is 0 Å². The van der Waals surface area contributed by atoms with Gasteiger partial charge in [0.15, 0.2) is 0 Å². The smallest absolute Gasteiger partial charge is 0.227 e. The Hall–Kier alpha value is -1.51. The first-order valence-corrected chi connectivity index (χ1v) is 7.48. The van der Waals surface area contributed by atoms with E-state index >= 15 is 0 Å². The Morgan fingerprint density at radius 3 is 2.68 bits per heavy atom. The second-order valence-corrected chi connectivity index (χ2v) is 5.70. The number of nitrogens with zero attached hydrogens (tertiary/aromatic N) is 1. The lowest BCUT2D eigenvalue weighted by Crippen LogP contribution is -2.25. The topological polar surface area (TPSA) is 32.3 Å². The Morgan fingerprint density at radius 2 is 1.95 bits per heavy atom. The number of benzene rings is 1. The summed E-state index contributed by atoms with van der Waals surface area (Å²) in [7, 11) is 0. The highest BCUT2D eigenvalue weighted by Crippen LogP contribution is 2.31. The first-order chi connectivity index (χ1) is 9.34. The number of nitrogens with one attached hydrogen (secondary N) is 1. The number of amides is 1. The fourth-order valence-electron chi connectivity index (χ4n) is 3.23. The Kier molecular flexibility index (Phi) is 3.72. The monoisotopic (exact) mass is 258 g/mol. The lowest BCUT2D eigenvalue weighted by molar-refractivity contribution is -0.117. The van der Waals surface area contributed by atoms with Gasteiger partial charge in [-0.15, -0.1) is 0 Å². The summed E-state index contributed by atoms with van der Waals surface area (Å²) in [5.74, 6) is 1.07. The predicted octanol–water partition coefficient (Wildman–Crippen LogP) is 3.42. The van der Waals surface area contributed by atoms with Crippen molar-refractivity contribution in [1.29, 1.82) is 0 Å². The van der Waals surface area contributed by atoms with Crippen LogP contribution in [0.3, 0.4) is 0 Å². The summed E-state index contributed by atoms with van der Waals surface area (Å²) in [5.41, 5.74) is 2.17. The second-order valence-electron chi connectivity index (χ2n) is 5.70. The highest BCUT2D eigenvalue weighted by atomic mass is 16.2. The maximum atomic E-state index is 11.9. The molecule has 1 aromatic carbocycles. The quantitative estimate of drug-likeness (QED) is 0.897. The van der Waals surface area contributed by atoms with Crippen molar-refractivity contribution in [3.05, 3.63) is 24.3 Å². The molecule has 0 radical (unpaired) electrons. The molecule has 1 aliphatic carbocycles. The van der Waals surface area contributed by atoms with Gasteiger partial charge in [0, 0.05) is 19.5 Å². The third kappa shape index (κ3) is 2.75. The van der Waals surface area contributed by atoms with Crippen molar-refractivity contribution in [3.8, 4) is 0 Å². The van der Waals surface area contributed by atoms with E-state index in [1.54, 1.807) is 0 Å². The van der Waals surface area contributed by atoms with E-state index < -0.39 is 0 Å². The lowest BCUT2D eigenvalue weighted by Gasteiger charge is -2.21. The maximum absolute atomic E-state index is 11.9. The zero-order chi connectivity index (χ0) is 13.1. The molecular formula is C16H22N2O. The van der Waals surface area contributed by atoms with Crippen LogP contribution in [0.5, 0.6) is 0 Å². The van der Waals surface area contributed by atoms with E-state index in [9.17, 15) is 4.79 Å². The van der Waals surface area contributed by atoms with Crippen molar-refractivity contribution in [1.82, 2.24) is 0 Å². The van der Waals surface area contributed by atoms with Gasteiger partial charge in [0.2, 0.25) is 5.91 Å². The highest BCUT2D eigenvalue weighted by Gasteiger charge is 2.24. The van der Waals surface area contributed by atoms with Crippen molar-refractivity contribution in [3.63, 3.8) is 0 Å². The standard InChI is InChI=1S/C16H22N2O/c19-16-10-5-11-18(16)15-9-4-3-8-14(15)17-12-13-6-1-2-7-13/h3-4,8-9,13,17H,1-2,5-7,10-12H2. The van der Waals surface area contributed by atoms with Gasteiger partial charge in [-0.25, -0.2) is 0 Å². The van der Waals surface area contributed by atoms with Gasteiger partial charge in [-0.05, 0) is 37.3 Å². The van der Waals surface area contributed by atoms with Gasteiger partial charge in [-0.2, -0.15) is 0 Å². The average Bonchev–Trinajstić information content (AvgIpc) is 3.08. The van der Waals surface area contributed by atoms with Gasteiger partial charge >= 0.3 is 0 Å². The van der Waals surface area contributed by atoms with E-state index in [4.69, 9.17) is 0 Å². The van der Waals surface area contributed by atoms with Crippen molar-refractivity contribution >= 4 is 17.3 Å². The average molecular weight is 258 g/mol. The number of hydrogen-bond acceptors (Lipinski definition) is 2. The third-order valence-corrected chi connectivity index (χ3v) is 4.32. The highest BCUT2D eigenvalue weighted by molar-refractivity contribution is 5.98. The summed E-state index contributed by atoms with van der Waals surface area (Å²) in [6, 6.07) is 8.21. The molecule has 3 nitrogen and oxygen atoms in total. The van der Waals surface area contributed by atoms with Crippen LogP contribution in [-0.4, -0.2) is 19.0 Å². The summed E-state index contributed by atoms with van der Waals surface area (Å²) in [4.78, 5) is 13.8. The first kappa shape index (κ1) is 12.5. The van der Waals surface area contributed by atoms with Crippen LogP contribution < -0.4 is 10.2 Å². The molecule has 102 valence electrons. The summed E-state index contributed by atoms with van der Waals surface area (Å²) < 4.78 is 0. The predicted molar refractivity (Wildman–Crippen MR) is 78.5 cm³/mol. The van der Waals surface area contributed by atoms with Crippen LogP contribution >= 0.6 is 0 Å². The molecule has 19 heavy (non-hydrogen) atoms. The molecule has 2 fully saturated rings. The molecule has 2 aliphatic rings. The molecule has 1 saturated heterocycles. The van der Waals surface area contributed by atoms with E-state index in [-0.39, 0.29) is 5.91 Å². The Morgan fingerprint density at radius 1 is 1.16 bits per heavy atom. The number of rotatable bonds is 4. The molecule has 1 amide bonds. The fraction of sp³-hybridized carbons (Fsp3) is 0.562. The first-order valence-electron chi connectivity index (χ1n) is 7.48. The van der Waals surface area contributed by atoms with E-state index in [0.717, 1.165) is 36.8 Å². The van der Waals surface area contributed by atoms with Gasteiger partial charge in [0.25, 0.3) is 0 Å². The molecule has 1 aliphatic heterocycles. The normalized spacial score (nSPS) is 20.2. The van der Waals surface area contributed by atoms with Crippen LogP contribution in [0.4, 0.5) is 11.4 Å². The minimum atomic E-state index is 0.259. The summed E-state index contributed by atoms with van der Waals surface area (Å²) >= 11 is 0. The summed E-state index contributed by atoms with van der Waals surface area (Å²) in [6.07, 6.45) is 7.11. The van der Waals surface area contributed by atoms with Crippen molar-refractivity contribution in [2.75, 3.05) is 23.3 Å². The van der Waals surface area contributed by atoms with E-state index in [1.807, 2.05) is 17.0 Å². The maximum Gasteiger partial charge on any atom is 0.227 e. The minimum absolute atomic E-state index is 0.259. The lowest BCUT2D eigenvalue weighted by atomic mass is 10.1. The van der Waals surface area contributed by atoms with Crippen LogP contribution in [0, 0.1) is 5.92 Å². The molecule has 1 N–H and O–H groups in total. The molecule has 0 bridgehead atoms. The number of hydrogen-bond donors (Lipinski definition) is 1. The van der Waals surface area contributed by atoms with Crippen molar-refractivity contribution in [2.45, 2.75) is 38.5 Å². The third-order valence-electron chi connectivity index (χ3n) is 4.32. The van der Waals surface area contributed by atoms with Crippen LogP contribution in [0.1, 0.15) is 38.5 Å². The molecule has 1 saturated carbocycles. The van der Waals surface area contributed by atoms with Gasteiger partial charge < -0.3 is 10.2 Å². The number of carbonyl (C=O) groups excluding carboxylic acids is 1. The SMILES string of the molecule is O=C1CCCN1c1ccccc1NCC1CCCC1. The molecule has 0 spiro atoms. The van der Waals surface area contributed by atoms with Gasteiger partial charge in [-0.3, -0.25) is 4.79 Å². The summed E-state index contributed by atoms with van der Waals surface area (Å²) in [5, 5.41) is 3.56. The van der Waals surface area contributed by atoms with Crippen LogP contribution in [0.15, 0.2) is 24.3 Å². The van der Waals surface area contributed by atoms with Gasteiger partial charge in [0.05, 0.1) is 11.4 Å². The molecule has 3 rings (SSSR count). The van der Waals surface area contributed by atoms with E-state index in [1.165, 1.54) is 25.7 Å². The molecule has 3 heteroatoms. The van der Waals surface area contributed by atoms with Crippen LogP contribution in [0.2, 0.25) is 0 Å². The number of para-hydroxylation sites is 2. The number of anilines is 2.